The van der Waals surface area contributed by atoms with Gasteiger partial charge in [0.1, 0.15) is 6.29 Å². The third kappa shape index (κ3) is 2.20. The van der Waals surface area contributed by atoms with Crippen molar-refractivity contribution in [2.75, 3.05) is 5.73 Å². The minimum Gasteiger partial charge on any atom is -0.398 e. The topological polar surface area (TPSA) is 79.8 Å². The van der Waals surface area contributed by atoms with Crippen LogP contribution in [0.25, 0.3) is 0 Å². The highest BCUT2D eigenvalue weighted by Gasteiger charge is 2.08. The number of hydrogen-bond acceptors (Lipinski definition) is 4. The van der Waals surface area contributed by atoms with E-state index in [-0.39, 0.29) is 5.71 Å². The van der Waals surface area contributed by atoms with E-state index in [9.17, 15) is 4.79 Å². The van der Waals surface area contributed by atoms with E-state index in [1.165, 1.54) is 0 Å². The molecular weight excluding hydrogens is 214 g/mol. The monoisotopic (exact) mass is 225 g/mol. The Morgan fingerprint density at radius 2 is 1.94 bits per heavy atom. The van der Waals surface area contributed by atoms with E-state index in [0.717, 1.165) is 11.8 Å². The summed E-state index contributed by atoms with van der Waals surface area (Å²) in [5.74, 6) is 0. The molecule has 0 saturated carbocycles. The Bertz CT molecular complexity index is 564. The van der Waals surface area contributed by atoms with Crippen LogP contribution in [0.15, 0.2) is 42.7 Å². The van der Waals surface area contributed by atoms with Gasteiger partial charge in [-0.05, 0) is 30.3 Å². The Morgan fingerprint density at radius 3 is 2.59 bits per heavy atom. The number of carbonyl (C=O) groups is 1. The van der Waals surface area contributed by atoms with E-state index in [2.05, 4.69) is 4.98 Å². The molecule has 0 atom stereocenters. The summed E-state index contributed by atoms with van der Waals surface area (Å²) in [4.78, 5) is 14.6. The van der Waals surface area contributed by atoms with Gasteiger partial charge in [-0.15, -0.1) is 0 Å². The molecule has 4 heteroatoms. The van der Waals surface area contributed by atoms with Crippen LogP contribution < -0.4 is 5.73 Å². The molecule has 2 aromatic rings. The molecule has 0 saturated heterocycles. The van der Waals surface area contributed by atoms with Crippen molar-refractivity contribution in [2.24, 2.45) is 0 Å². The van der Waals surface area contributed by atoms with Gasteiger partial charge in [-0.25, -0.2) is 0 Å². The van der Waals surface area contributed by atoms with Crippen LogP contribution in [0.4, 0.5) is 5.69 Å². The Hall–Kier alpha value is -2.49. The summed E-state index contributed by atoms with van der Waals surface area (Å²) in [7, 11) is 0. The molecule has 84 valence electrons. The van der Waals surface area contributed by atoms with E-state index in [1.54, 1.807) is 42.7 Å². The molecule has 0 aliphatic carbocycles. The van der Waals surface area contributed by atoms with Gasteiger partial charge >= 0.3 is 0 Å². The summed E-state index contributed by atoms with van der Waals surface area (Å²) in [5.41, 5.74) is 8.36. The van der Waals surface area contributed by atoms with Gasteiger partial charge in [-0.3, -0.25) is 15.2 Å². The Labute approximate surface area is 98.6 Å². The molecule has 0 fully saturated rings. The number of aromatic nitrogens is 1. The number of anilines is 1. The largest absolute Gasteiger partial charge is 0.398 e. The maximum Gasteiger partial charge on any atom is 0.150 e. The zero-order valence-corrected chi connectivity index (χ0v) is 9.05. The smallest absolute Gasteiger partial charge is 0.150 e. The molecule has 0 bridgehead atoms. The fourth-order valence-corrected chi connectivity index (χ4v) is 1.54. The maximum absolute atomic E-state index is 10.7. The summed E-state index contributed by atoms with van der Waals surface area (Å²) in [6, 6.07) is 8.34. The average molecular weight is 225 g/mol. The summed E-state index contributed by atoms with van der Waals surface area (Å²) in [6.07, 6.45) is 3.97. The third-order valence-corrected chi connectivity index (χ3v) is 2.45. The second-order valence-electron chi connectivity index (χ2n) is 3.58. The number of hydrogen-bond donors (Lipinski definition) is 2. The van der Waals surface area contributed by atoms with Crippen LogP contribution in [-0.2, 0) is 0 Å². The highest BCUT2D eigenvalue weighted by Crippen LogP contribution is 2.17. The zero-order valence-electron chi connectivity index (χ0n) is 9.05. The van der Waals surface area contributed by atoms with E-state index < -0.39 is 0 Å². The minimum atomic E-state index is 0.286. The average Bonchev–Trinajstić information content (AvgIpc) is 2.39. The van der Waals surface area contributed by atoms with Crippen LogP contribution in [0.3, 0.4) is 0 Å². The van der Waals surface area contributed by atoms with Gasteiger partial charge in [0.05, 0.1) is 5.71 Å². The molecular formula is C13H11N3O. The zero-order chi connectivity index (χ0) is 12.3. The third-order valence-electron chi connectivity index (χ3n) is 2.45. The molecule has 0 amide bonds. The summed E-state index contributed by atoms with van der Waals surface area (Å²) >= 11 is 0. The predicted octanol–water partition coefficient (Wildman–Crippen LogP) is 1.89. The van der Waals surface area contributed by atoms with Gasteiger partial charge in [0.15, 0.2) is 0 Å². The van der Waals surface area contributed by atoms with Crippen LogP contribution >= 0.6 is 0 Å². The molecule has 3 N–H and O–H groups in total. The quantitative estimate of drug-likeness (QED) is 0.475. The van der Waals surface area contributed by atoms with Crippen LogP contribution in [-0.4, -0.2) is 17.0 Å². The molecule has 1 heterocycles. The molecule has 0 unspecified atom stereocenters. The lowest BCUT2D eigenvalue weighted by Gasteiger charge is -2.08. The van der Waals surface area contributed by atoms with Gasteiger partial charge in [-0.1, -0.05) is 0 Å². The first-order valence-electron chi connectivity index (χ1n) is 5.06. The normalized spacial score (nSPS) is 9.88. The van der Waals surface area contributed by atoms with Crippen LogP contribution in [0.1, 0.15) is 21.5 Å². The van der Waals surface area contributed by atoms with Crippen LogP contribution in [0.5, 0.6) is 0 Å². The first-order chi connectivity index (χ1) is 8.22. The SMILES string of the molecule is N=C(c1ccncc1)c1cc(C=O)ccc1N. The Morgan fingerprint density at radius 1 is 1.24 bits per heavy atom. The molecule has 1 aromatic heterocycles. The lowest BCUT2D eigenvalue weighted by atomic mass is 10.00. The standard InChI is InChI=1S/C13H11N3O/c14-12-2-1-9(8-17)7-11(12)13(15)10-3-5-16-6-4-10/h1-8,15H,14H2. The van der Waals surface area contributed by atoms with Crippen molar-refractivity contribution in [3.63, 3.8) is 0 Å². The Kier molecular flexibility index (Phi) is 2.96. The van der Waals surface area contributed by atoms with Crippen molar-refractivity contribution < 1.29 is 4.79 Å². The minimum absolute atomic E-state index is 0.286. The molecule has 4 nitrogen and oxygen atoms in total. The number of nitrogens with two attached hydrogens (primary N) is 1. The summed E-state index contributed by atoms with van der Waals surface area (Å²) in [6.45, 7) is 0. The second-order valence-corrected chi connectivity index (χ2v) is 3.58. The van der Waals surface area contributed by atoms with Crippen molar-refractivity contribution in [3.05, 3.63) is 59.4 Å². The van der Waals surface area contributed by atoms with Gasteiger partial charge < -0.3 is 5.73 Å². The first kappa shape index (κ1) is 11.0. The Balaban J connectivity index is 2.47. The van der Waals surface area contributed by atoms with Gasteiger partial charge in [0.2, 0.25) is 0 Å². The lowest BCUT2D eigenvalue weighted by molar-refractivity contribution is 0.112. The molecule has 0 radical (unpaired) electrons. The molecule has 0 spiro atoms. The number of aldehydes is 1. The van der Waals surface area contributed by atoms with E-state index in [0.29, 0.717) is 16.8 Å². The second kappa shape index (κ2) is 4.57. The fourth-order valence-electron chi connectivity index (χ4n) is 1.54. The first-order valence-corrected chi connectivity index (χ1v) is 5.06. The fraction of sp³-hybridized carbons (Fsp3) is 0. The summed E-state index contributed by atoms with van der Waals surface area (Å²) < 4.78 is 0. The molecule has 0 aliphatic heterocycles. The van der Waals surface area contributed by atoms with Crippen molar-refractivity contribution in [1.82, 2.24) is 4.98 Å². The summed E-state index contributed by atoms with van der Waals surface area (Å²) in [5, 5.41) is 8.06. The van der Waals surface area contributed by atoms with Crippen molar-refractivity contribution >= 4 is 17.7 Å². The number of benzene rings is 1. The number of nitrogen functional groups attached to an aromatic ring is 1. The highest BCUT2D eigenvalue weighted by atomic mass is 16.1. The van der Waals surface area contributed by atoms with E-state index in [4.69, 9.17) is 11.1 Å². The molecule has 2 rings (SSSR count). The molecule has 17 heavy (non-hydrogen) atoms. The van der Waals surface area contributed by atoms with Gasteiger partial charge in [-0.2, -0.15) is 0 Å². The number of carbonyl (C=O) groups excluding carboxylic acids is 1. The van der Waals surface area contributed by atoms with Crippen molar-refractivity contribution in [2.45, 2.75) is 0 Å². The van der Waals surface area contributed by atoms with E-state index >= 15 is 0 Å². The predicted molar refractivity (Wildman–Crippen MR) is 66.4 cm³/mol. The highest BCUT2D eigenvalue weighted by molar-refractivity contribution is 6.14. The number of nitrogens with one attached hydrogen (secondary N) is 1. The molecule has 1 aromatic carbocycles. The van der Waals surface area contributed by atoms with Crippen molar-refractivity contribution in [3.8, 4) is 0 Å². The van der Waals surface area contributed by atoms with E-state index in [1.807, 2.05) is 0 Å². The van der Waals surface area contributed by atoms with Crippen molar-refractivity contribution in [1.29, 1.82) is 5.41 Å². The van der Waals surface area contributed by atoms with Crippen LogP contribution in [0.2, 0.25) is 0 Å². The maximum atomic E-state index is 10.7. The lowest BCUT2D eigenvalue weighted by Crippen LogP contribution is -2.06. The van der Waals surface area contributed by atoms with Gasteiger partial charge in [0.25, 0.3) is 0 Å². The number of nitrogens with zero attached hydrogens (tertiary/aromatic N) is 1. The van der Waals surface area contributed by atoms with Gasteiger partial charge in [0, 0.05) is 34.8 Å². The van der Waals surface area contributed by atoms with Crippen LogP contribution in [0, 0.1) is 5.41 Å². The number of rotatable bonds is 3. The molecule has 0 aliphatic rings. The number of pyridine rings is 1.